The molecule has 2 atom stereocenters. The fourth-order valence-corrected chi connectivity index (χ4v) is 5.67. The van der Waals surface area contributed by atoms with E-state index in [0.29, 0.717) is 5.39 Å². The number of nitro groups is 1. The zero-order chi connectivity index (χ0) is 23.9. The van der Waals surface area contributed by atoms with Gasteiger partial charge in [-0.2, -0.15) is 4.31 Å². The van der Waals surface area contributed by atoms with Gasteiger partial charge in [0.1, 0.15) is 10.6 Å². The molecule has 11 nitrogen and oxygen atoms in total. The number of morpholine rings is 1. The lowest BCUT2D eigenvalue weighted by Gasteiger charge is -2.34. The fourth-order valence-electron chi connectivity index (χ4n) is 3.93. The molecule has 1 N–H and O–H groups in total. The van der Waals surface area contributed by atoms with Crippen molar-refractivity contribution in [3.05, 3.63) is 52.6 Å². The molecule has 4 rings (SSSR count). The number of sulfonamides is 1. The highest BCUT2D eigenvalue weighted by atomic mass is 32.2. The monoisotopic (exact) mass is 473 g/mol. The van der Waals surface area contributed by atoms with Crippen molar-refractivity contribution in [2.75, 3.05) is 13.1 Å². The molecule has 0 spiro atoms. The molecule has 2 aromatic carbocycles. The number of aryl methyl sites for hydroxylation is 1. The molecule has 0 saturated carbocycles. The molecule has 0 radical (unpaired) electrons. The number of nitrogens with zero attached hydrogens (tertiary/aromatic N) is 5. The number of rotatable bonds is 5. The predicted octanol–water partition coefficient (Wildman–Crippen LogP) is 4.01. The van der Waals surface area contributed by atoms with Crippen LogP contribution < -0.4 is 0 Å². The van der Waals surface area contributed by atoms with E-state index < -0.39 is 14.9 Å². The second kappa shape index (κ2) is 8.54. The Morgan fingerprint density at radius 1 is 1.12 bits per heavy atom. The molecule has 1 aromatic heterocycles. The van der Waals surface area contributed by atoms with E-state index in [-0.39, 0.29) is 53.1 Å². The number of hydrogen-bond donors (Lipinski definition) is 1. The Labute approximate surface area is 190 Å². The van der Waals surface area contributed by atoms with E-state index in [2.05, 4.69) is 10.2 Å². The summed E-state index contributed by atoms with van der Waals surface area (Å²) in [7, 11) is -2.47. The van der Waals surface area contributed by atoms with Gasteiger partial charge in [-0.15, -0.1) is 10.2 Å². The van der Waals surface area contributed by atoms with Crippen LogP contribution in [0.5, 0.6) is 5.88 Å². The van der Waals surface area contributed by atoms with Crippen LogP contribution in [0.2, 0.25) is 0 Å². The Morgan fingerprint density at radius 2 is 1.79 bits per heavy atom. The van der Waals surface area contributed by atoms with Crippen molar-refractivity contribution in [2.45, 2.75) is 31.0 Å². The van der Waals surface area contributed by atoms with Gasteiger partial charge in [0.2, 0.25) is 15.9 Å². The maximum absolute atomic E-state index is 13.5. The largest absolute Gasteiger partial charge is 0.493 e. The van der Waals surface area contributed by atoms with Gasteiger partial charge in [0.05, 0.1) is 22.6 Å². The first-order valence-corrected chi connectivity index (χ1v) is 11.7. The third-order valence-electron chi connectivity index (χ3n) is 5.47. The smallest absolute Gasteiger partial charge is 0.270 e. The van der Waals surface area contributed by atoms with E-state index >= 15 is 0 Å². The number of aromatic nitrogens is 1. The Kier molecular flexibility index (Phi) is 5.91. The van der Waals surface area contributed by atoms with Crippen LogP contribution in [0.1, 0.15) is 13.8 Å². The van der Waals surface area contributed by atoms with E-state index in [1.54, 1.807) is 39.1 Å². The summed E-state index contributed by atoms with van der Waals surface area (Å²) in [6.07, 6.45) is -0.667. The lowest BCUT2D eigenvalue weighted by Crippen LogP contribution is -2.48. The van der Waals surface area contributed by atoms with Gasteiger partial charge in [-0.05, 0) is 26.0 Å². The molecule has 1 fully saturated rings. The number of ether oxygens (including phenoxy) is 1. The zero-order valence-corrected chi connectivity index (χ0v) is 19.1. The fraction of sp³-hybridized carbons (Fsp3) is 0.333. The molecule has 0 amide bonds. The second-order valence-corrected chi connectivity index (χ2v) is 9.84. The van der Waals surface area contributed by atoms with Gasteiger partial charge in [-0.25, -0.2) is 8.42 Å². The van der Waals surface area contributed by atoms with Gasteiger partial charge in [0.25, 0.3) is 5.69 Å². The van der Waals surface area contributed by atoms with Crippen LogP contribution in [0.3, 0.4) is 0 Å². The van der Waals surface area contributed by atoms with E-state index in [0.717, 1.165) is 11.6 Å². The highest BCUT2D eigenvalue weighted by Gasteiger charge is 2.34. The normalized spacial score (nSPS) is 20.0. The van der Waals surface area contributed by atoms with Crippen LogP contribution in [0.25, 0.3) is 10.9 Å². The molecule has 1 saturated heterocycles. The highest BCUT2D eigenvalue weighted by Crippen LogP contribution is 2.40. The summed E-state index contributed by atoms with van der Waals surface area (Å²) in [5.41, 5.74) is 0.440. The van der Waals surface area contributed by atoms with Crippen LogP contribution in [-0.4, -0.2) is 52.6 Å². The minimum absolute atomic E-state index is 0.0697. The molecule has 1 aliphatic rings. The molecule has 2 heterocycles. The van der Waals surface area contributed by atoms with Crippen molar-refractivity contribution >= 4 is 38.0 Å². The first kappa shape index (κ1) is 22.8. The maximum atomic E-state index is 13.5. The van der Waals surface area contributed by atoms with Crippen molar-refractivity contribution in [1.82, 2.24) is 8.87 Å². The third-order valence-corrected chi connectivity index (χ3v) is 7.33. The molecule has 0 unspecified atom stereocenters. The summed E-state index contributed by atoms with van der Waals surface area (Å²) in [6.45, 7) is 3.73. The Balaban J connectivity index is 1.82. The number of azo groups is 1. The molecule has 0 aliphatic carbocycles. The van der Waals surface area contributed by atoms with Crippen molar-refractivity contribution in [2.24, 2.45) is 17.3 Å². The van der Waals surface area contributed by atoms with Crippen LogP contribution in [0.15, 0.2) is 57.6 Å². The Morgan fingerprint density at radius 3 is 2.45 bits per heavy atom. The summed E-state index contributed by atoms with van der Waals surface area (Å²) in [5.74, 6) is -0.137. The number of hydrogen-bond acceptors (Lipinski definition) is 8. The summed E-state index contributed by atoms with van der Waals surface area (Å²) in [4.78, 5) is 10.3. The quantitative estimate of drug-likeness (QED) is 0.337. The minimum atomic E-state index is -4.14. The first-order chi connectivity index (χ1) is 15.6. The summed E-state index contributed by atoms with van der Waals surface area (Å²) in [6, 6.07) is 10.5. The summed E-state index contributed by atoms with van der Waals surface area (Å²) in [5, 5.41) is 30.7. The number of nitro benzene ring substituents is 1. The maximum Gasteiger partial charge on any atom is 0.270 e. The second-order valence-electron chi connectivity index (χ2n) is 7.94. The van der Waals surface area contributed by atoms with Crippen LogP contribution >= 0.6 is 0 Å². The molecule has 174 valence electrons. The van der Waals surface area contributed by atoms with Crippen LogP contribution in [-0.2, 0) is 21.8 Å². The Hall–Kier alpha value is -3.35. The Bertz CT molecular complexity index is 1360. The molecular formula is C21H23N5O6S. The lowest BCUT2D eigenvalue weighted by molar-refractivity contribution is -0.385. The van der Waals surface area contributed by atoms with Crippen molar-refractivity contribution < 1.29 is 23.2 Å². The molecule has 0 bridgehead atoms. The number of non-ortho nitro benzene ring substituents is 1. The van der Waals surface area contributed by atoms with Gasteiger partial charge in [-0.3, -0.25) is 10.1 Å². The molecule has 33 heavy (non-hydrogen) atoms. The van der Waals surface area contributed by atoms with E-state index in [1.165, 1.54) is 21.0 Å². The zero-order valence-electron chi connectivity index (χ0n) is 18.2. The van der Waals surface area contributed by atoms with Crippen LogP contribution in [0.4, 0.5) is 17.1 Å². The molecule has 12 heteroatoms. The van der Waals surface area contributed by atoms with E-state index in [1.807, 2.05) is 6.07 Å². The van der Waals surface area contributed by atoms with Gasteiger partial charge >= 0.3 is 0 Å². The average Bonchev–Trinajstić information content (AvgIpc) is 3.01. The molecular weight excluding hydrogens is 450 g/mol. The molecule has 3 aromatic rings. The number of benzene rings is 2. The predicted molar refractivity (Wildman–Crippen MR) is 121 cm³/mol. The minimum Gasteiger partial charge on any atom is -0.493 e. The van der Waals surface area contributed by atoms with Gasteiger partial charge in [0, 0.05) is 37.7 Å². The number of aromatic hydroxyl groups is 1. The van der Waals surface area contributed by atoms with Gasteiger partial charge < -0.3 is 14.4 Å². The van der Waals surface area contributed by atoms with Gasteiger partial charge in [0.15, 0.2) is 5.69 Å². The topological polar surface area (TPSA) is 140 Å². The van der Waals surface area contributed by atoms with Crippen molar-refractivity contribution in [1.29, 1.82) is 0 Å². The first-order valence-electron chi connectivity index (χ1n) is 10.2. The van der Waals surface area contributed by atoms with Crippen LogP contribution in [0, 0.1) is 10.1 Å². The summed E-state index contributed by atoms with van der Waals surface area (Å²) >= 11 is 0. The number of fused-ring (bicyclic) bond motifs is 1. The third kappa shape index (κ3) is 4.19. The standard InChI is InChI=1S/C21H23N5O6S/c1-13-11-25(12-14(2)32-13)33(30,31)19-10-15(26(28)29)8-9-17(19)22-23-20-16-6-4-5-7-18(16)24(3)21(20)27/h4-10,13-14,27H,11-12H2,1-3H3/t13-,14-/m1/s1. The van der Waals surface area contributed by atoms with E-state index in [9.17, 15) is 23.6 Å². The summed E-state index contributed by atoms with van der Waals surface area (Å²) < 4.78 is 35.3. The lowest BCUT2D eigenvalue weighted by atomic mass is 10.2. The SMILES string of the molecule is C[C@@H]1CN(S(=O)(=O)c2cc([N+](=O)[O-])ccc2N=Nc2c(O)n(C)c3ccccc23)C[C@@H](C)O1. The van der Waals surface area contributed by atoms with Gasteiger partial charge in [-0.1, -0.05) is 18.2 Å². The average molecular weight is 474 g/mol. The highest BCUT2D eigenvalue weighted by molar-refractivity contribution is 7.89. The van der Waals surface area contributed by atoms with Crippen molar-refractivity contribution in [3.8, 4) is 5.88 Å². The number of para-hydroxylation sites is 1. The van der Waals surface area contributed by atoms with Crippen molar-refractivity contribution in [3.63, 3.8) is 0 Å². The molecule has 1 aliphatic heterocycles. The van der Waals surface area contributed by atoms with E-state index in [4.69, 9.17) is 4.74 Å².